The van der Waals surface area contributed by atoms with Crippen LogP contribution in [-0.2, 0) is 0 Å². The van der Waals surface area contributed by atoms with Gasteiger partial charge in [0, 0.05) is 5.69 Å². The molecule has 0 amide bonds. The highest BCUT2D eigenvalue weighted by Gasteiger charge is 2.23. The Labute approximate surface area is 103 Å². The van der Waals surface area contributed by atoms with Crippen LogP contribution in [0.15, 0.2) is 30.3 Å². The number of para-hydroxylation sites is 1. The molecule has 0 spiro atoms. The Morgan fingerprint density at radius 3 is 2.07 bits per heavy atom. The number of halogens is 1. The maximum absolute atomic E-state index is 2.48. The number of anilines is 1. The highest BCUT2D eigenvalue weighted by atomic mass is 79.9. The number of likely N-dealkylation sites (N-methyl/N-ethyl adjacent to an activating group) is 1. The van der Waals surface area contributed by atoms with E-state index >= 15 is 0 Å². The fourth-order valence-corrected chi connectivity index (χ4v) is 1.90. The van der Waals surface area contributed by atoms with Gasteiger partial charge in [-0.15, -0.1) is 0 Å². The molecule has 1 aromatic carbocycles. The summed E-state index contributed by atoms with van der Waals surface area (Å²) in [6.07, 6.45) is 0. The molecular formula is C12H19BrN2. The predicted molar refractivity (Wildman–Crippen MR) is 60.5 cm³/mol. The largest absolute Gasteiger partial charge is 1.00 e. The zero-order chi connectivity index (χ0) is 10.0. The van der Waals surface area contributed by atoms with E-state index in [-0.39, 0.29) is 17.0 Å². The van der Waals surface area contributed by atoms with Crippen molar-refractivity contribution in [2.75, 3.05) is 45.2 Å². The van der Waals surface area contributed by atoms with Crippen LogP contribution in [0, 0.1) is 0 Å². The van der Waals surface area contributed by atoms with Crippen molar-refractivity contribution in [3.63, 3.8) is 0 Å². The second-order valence-electron chi connectivity index (χ2n) is 4.71. The van der Waals surface area contributed by atoms with Crippen LogP contribution in [0.3, 0.4) is 0 Å². The third kappa shape index (κ3) is 3.21. The van der Waals surface area contributed by atoms with Crippen LogP contribution in [0.25, 0.3) is 0 Å². The van der Waals surface area contributed by atoms with E-state index in [9.17, 15) is 0 Å². The summed E-state index contributed by atoms with van der Waals surface area (Å²) >= 11 is 0. The molecule has 1 aliphatic rings. The number of benzene rings is 1. The van der Waals surface area contributed by atoms with Crippen molar-refractivity contribution < 1.29 is 21.5 Å². The summed E-state index contributed by atoms with van der Waals surface area (Å²) in [6, 6.07) is 10.7. The molecule has 1 aliphatic heterocycles. The van der Waals surface area contributed by atoms with E-state index in [2.05, 4.69) is 49.3 Å². The Kier molecular flexibility index (Phi) is 4.17. The first-order chi connectivity index (χ1) is 6.67. The van der Waals surface area contributed by atoms with Crippen molar-refractivity contribution in [3.05, 3.63) is 30.3 Å². The lowest BCUT2D eigenvalue weighted by Crippen LogP contribution is -3.00. The quantitative estimate of drug-likeness (QED) is 0.567. The number of hydrogen-bond donors (Lipinski definition) is 0. The van der Waals surface area contributed by atoms with Crippen LogP contribution in [0.5, 0.6) is 0 Å². The van der Waals surface area contributed by atoms with E-state index < -0.39 is 0 Å². The smallest absolute Gasteiger partial charge is 0.0961 e. The Bertz CT molecular complexity index is 288. The highest BCUT2D eigenvalue weighted by molar-refractivity contribution is 5.46. The van der Waals surface area contributed by atoms with Crippen molar-refractivity contribution in [1.29, 1.82) is 0 Å². The lowest BCUT2D eigenvalue weighted by Gasteiger charge is -2.40. The van der Waals surface area contributed by atoms with Crippen molar-refractivity contribution in [3.8, 4) is 0 Å². The van der Waals surface area contributed by atoms with Crippen LogP contribution in [0.1, 0.15) is 0 Å². The van der Waals surface area contributed by atoms with Crippen LogP contribution in [0.2, 0.25) is 0 Å². The van der Waals surface area contributed by atoms with Crippen molar-refractivity contribution >= 4 is 5.69 Å². The van der Waals surface area contributed by atoms with Crippen LogP contribution in [0.4, 0.5) is 5.69 Å². The summed E-state index contributed by atoms with van der Waals surface area (Å²) in [5, 5.41) is 0. The number of piperazine rings is 1. The SMILES string of the molecule is C[N+]1(C)CCN(c2ccccc2)CC1.[Br-]. The third-order valence-corrected chi connectivity index (χ3v) is 3.07. The lowest BCUT2D eigenvalue weighted by molar-refractivity contribution is -0.890. The molecule has 0 N–H and O–H groups in total. The second kappa shape index (κ2) is 4.99. The lowest BCUT2D eigenvalue weighted by atomic mass is 10.2. The van der Waals surface area contributed by atoms with Gasteiger partial charge in [-0.25, -0.2) is 0 Å². The molecule has 0 aromatic heterocycles. The van der Waals surface area contributed by atoms with Gasteiger partial charge in [0.15, 0.2) is 0 Å². The summed E-state index contributed by atoms with van der Waals surface area (Å²) in [7, 11) is 4.62. The Morgan fingerprint density at radius 1 is 1.00 bits per heavy atom. The van der Waals surface area contributed by atoms with Gasteiger partial charge in [0.2, 0.25) is 0 Å². The fraction of sp³-hybridized carbons (Fsp3) is 0.500. The maximum atomic E-state index is 2.48. The summed E-state index contributed by atoms with van der Waals surface area (Å²) < 4.78 is 1.16. The minimum Gasteiger partial charge on any atom is -1.00 e. The molecule has 0 unspecified atom stereocenters. The third-order valence-electron chi connectivity index (χ3n) is 3.07. The first-order valence-electron chi connectivity index (χ1n) is 5.29. The molecule has 0 saturated carbocycles. The van der Waals surface area contributed by atoms with E-state index in [1.807, 2.05) is 0 Å². The van der Waals surface area contributed by atoms with Gasteiger partial charge in [-0.1, -0.05) is 18.2 Å². The Hall–Kier alpha value is -0.540. The van der Waals surface area contributed by atoms with Crippen molar-refractivity contribution in [2.45, 2.75) is 0 Å². The van der Waals surface area contributed by atoms with Gasteiger partial charge in [-0.05, 0) is 12.1 Å². The Balaban J connectivity index is 0.00000112. The molecule has 0 aliphatic carbocycles. The van der Waals surface area contributed by atoms with E-state index in [1.165, 1.54) is 31.9 Å². The van der Waals surface area contributed by atoms with E-state index in [1.54, 1.807) is 0 Å². The molecule has 2 rings (SSSR count). The zero-order valence-corrected chi connectivity index (χ0v) is 11.1. The van der Waals surface area contributed by atoms with Crippen LogP contribution >= 0.6 is 0 Å². The first kappa shape index (κ1) is 12.5. The van der Waals surface area contributed by atoms with Crippen LogP contribution in [-0.4, -0.2) is 44.8 Å². The van der Waals surface area contributed by atoms with E-state index in [0.717, 1.165) is 4.48 Å². The summed E-state index contributed by atoms with van der Waals surface area (Å²) in [4.78, 5) is 2.48. The molecule has 1 saturated heterocycles. The molecule has 0 bridgehead atoms. The van der Waals surface area contributed by atoms with Gasteiger partial charge in [0.25, 0.3) is 0 Å². The molecule has 3 heteroatoms. The zero-order valence-electron chi connectivity index (χ0n) is 9.49. The highest BCUT2D eigenvalue weighted by Crippen LogP contribution is 2.16. The first-order valence-corrected chi connectivity index (χ1v) is 5.29. The number of quaternary nitrogens is 1. The predicted octanol–water partition coefficient (Wildman–Crippen LogP) is -1.41. The van der Waals surface area contributed by atoms with Gasteiger partial charge in [0.1, 0.15) is 0 Å². The minimum atomic E-state index is 0. The van der Waals surface area contributed by atoms with Gasteiger partial charge in [0.05, 0.1) is 40.3 Å². The molecular weight excluding hydrogens is 252 g/mol. The normalized spacial score (nSPS) is 19.5. The fourth-order valence-electron chi connectivity index (χ4n) is 1.90. The average molecular weight is 271 g/mol. The topological polar surface area (TPSA) is 3.24 Å². The standard InChI is InChI=1S/C12H19N2.BrH/c1-14(2)10-8-13(9-11-14)12-6-4-3-5-7-12;/h3-7H,8-11H2,1-2H3;1H/q+1;/p-1. The van der Waals surface area contributed by atoms with E-state index in [0.29, 0.717) is 0 Å². The van der Waals surface area contributed by atoms with Crippen molar-refractivity contribution in [1.82, 2.24) is 0 Å². The van der Waals surface area contributed by atoms with E-state index in [4.69, 9.17) is 0 Å². The van der Waals surface area contributed by atoms with Gasteiger partial charge >= 0.3 is 0 Å². The second-order valence-corrected chi connectivity index (χ2v) is 4.71. The van der Waals surface area contributed by atoms with Crippen molar-refractivity contribution in [2.24, 2.45) is 0 Å². The number of rotatable bonds is 1. The number of nitrogens with zero attached hydrogens (tertiary/aromatic N) is 2. The summed E-state index contributed by atoms with van der Waals surface area (Å²) in [5.41, 5.74) is 1.37. The number of hydrogen-bond acceptors (Lipinski definition) is 1. The molecule has 15 heavy (non-hydrogen) atoms. The van der Waals surface area contributed by atoms with Gasteiger partial charge in [-0.2, -0.15) is 0 Å². The molecule has 1 fully saturated rings. The molecule has 2 nitrogen and oxygen atoms in total. The molecule has 0 radical (unpaired) electrons. The van der Waals surface area contributed by atoms with Gasteiger partial charge < -0.3 is 26.4 Å². The van der Waals surface area contributed by atoms with Crippen LogP contribution < -0.4 is 21.9 Å². The molecule has 1 aromatic rings. The summed E-state index contributed by atoms with van der Waals surface area (Å²) in [5.74, 6) is 0. The van der Waals surface area contributed by atoms with Gasteiger partial charge in [-0.3, -0.25) is 0 Å². The monoisotopic (exact) mass is 270 g/mol. The maximum Gasteiger partial charge on any atom is 0.0961 e. The molecule has 84 valence electrons. The molecule has 1 heterocycles. The summed E-state index contributed by atoms with van der Waals surface area (Å²) in [6.45, 7) is 4.85. The Morgan fingerprint density at radius 2 is 1.53 bits per heavy atom. The molecule has 0 atom stereocenters. The average Bonchev–Trinajstić information content (AvgIpc) is 2.19. The minimum absolute atomic E-state index is 0.